The van der Waals surface area contributed by atoms with Gasteiger partial charge in [0.05, 0.1) is 7.11 Å². The molecule has 26 heavy (non-hydrogen) atoms. The zero-order valence-corrected chi connectivity index (χ0v) is 13.7. The van der Waals surface area contributed by atoms with Crippen LogP contribution >= 0.6 is 0 Å². The molecule has 1 saturated heterocycles. The Morgan fingerprint density at radius 1 is 1.08 bits per heavy atom. The van der Waals surface area contributed by atoms with Gasteiger partial charge in [0.25, 0.3) is 6.10 Å². The Morgan fingerprint density at radius 3 is 2.12 bits per heavy atom. The summed E-state index contributed by atoms with van der Waals surface area (Å²) in [5, 5.41) is 0. The molecule has 2 rings (SSSR count). The number of halogens is 6. The lowest BCUT2D eigenvalue weighted by atomic mass is 9.89. The van der Waals surface area contributed by atoms with Crippen LogP contribution in [0.25, 0.3) is 0 Å². The lowest BCUT2D eigenvalue weighted by Gasteiger charge is -2.33. The van der Waals surface area contributed by atoms with Gasteiger partial charge >= 0.3 is 18.4 Å². The molecule has 1 fully saturated rings. The monoisotopic (exact) mass is 385 g/mol. The second-order valence-electron chi connectivity index (χ2n) is 5.85. The van der Waals surface area contributed by atoms with E-state index in [-0.39, 0.29) is 19.0 Å². The van der Waals surface area contributed by atoms with E-state index >= 15 is 0 Å². The molecule has 1 heterocycles. The van der Waals surface area contributed by atoms with Crippen molar-refractivity contribution in [2.75, 3.05) is 20.2 Å². The van der Waals surface area contributed by atoms with E-state index in [9.17, 15) is 31.1 Å². The third-order valence-corrected chi connectivity index (χ3v) is 4.15. The van der Waals surface area contributed by atoms with E-state index in [0.717, 1.165) is 10.5 Å². The summed E-state index contributed by atoms with van der Waals surface area (Å²) in [6, 6.07) is 7.17. The Labute approximate surface area is 145 Å². The van der Waals surface area contributed by atoms with Gasteiger partial charge in [0.2, 0.25) is 0 Å². The van der Waals surface area contributed by atoms with E-state index in [0.29, 0.717) is 18.6 Å². The normalized spacial score (nSPS) is 16.7. The number of nitrogens with zero attached hydrogens (tertiary/aromatic N) is 1. The molecule has 0 atom stereocenters. The number of hydrogen-bond acceptors (Lipinski definition) is 3. The average molecular weight is 385 g/mol. The van der Waals surface area contributed by atoms with Crippen LogP contribution in [0.2, 0.25) is 0 Å². The van der Waals surface area contributed by atoms with Crippen LogP contribution in [0, 0.1) is 0 Å². The van der Waals surface area contributed by atoms with Gasteiger partial charge < -0.3 is 14.4 Å². The van der Waals surface area contributed by atoms with E-state index in [1.165, 1.54) is 7.11 Å². The first-order chi connectivity index (χ1) is 12.0. The Bertz CT molecular complexity index is 609. The highest BCUT2D eigenvalue weighted by Gasteiger charge is 2.60. The summed E-state index contributed by atoms with van der Waals surface area (Å²) in [5.74, 6) is 0.624. The van der Waals surface area contributed by atoms with Crippen molar-refractivity contribution in [3.63, 3.8) is 0 Å². The van der Waals surface area contributed by atoms with Crippen LogP contribution in [0.4, 0.5) is 31.1 Å². The highest BCUT2D eigenvalue weighted by Crippen LogP contribution is 2.37. The van der Waals surface area contributed by atoms with Gasteiger partial charge in [-0.2, -0.15) is 26.3 Å². The summed E-state index contributed by atoms with van der Waals surface area (Å²) >= 11 is 0. The number of benzene rings is 1. The number of likely N-dealkylation sites (tertiary alicyclic amines) is 1. The lowest BCUT2D eigenvalue weighted by Crippen LogP contribution is -2.49. The fraction of sp³-hybridized carbons (Fsp3) is 0.562. The average Bonchev–Trinajstić information content (AvgIpc) is 2.57. The molecule has 1 amide bonds. The van der Waals surface area contributed by atoms with Crippen LogP contribution in [-0.4, -0.2) is 49.6 Å². The maximum Gasteiger partial charge on any atom is 0.434 e. The number of alkyl halides is 6. The number of piperidine rings is 1. The van der Waals surface area contributed by atoms with Crippen LogP contribution < -0.4 is 4.74 Å². The first-order valence-corrected chi connectivity index (χ1v) is 7.76. The smallest absolute Gasteiger partial charge is 0.434 e. The van der Waals surface area contributed by atoms with E-state index in [1.54, 1.807) is 18.2 Å². The fourth-order valence-electron chi connectivity index (χ4n) is 2.87. The largest absolute Gasteiger partial charge is 0.496 e. The van der Waals surface area contributed by atoms with E-state index in [2.05, 4.69) is 4.74 Å². The number of para-hydroxylation sites is 1. The van der Waals surface area contributed by atoms with Gasteiger partial charge in [-0.25, -0.2) is 4.79 Å². The first-order valence-electron chi connectivity index (χ1n) is 7.76. The van der Waals surface area contributed by atoms with Gasteiger partial charge in [-0.3, -0.25) is 0 Å². The first kappa shape index (κ1) is 20.2. The van der Waals surface area contributed by atoms with E-state index < -0.39 is 24.5 Å². The Hall–Kier alpha value is -2.13. The van der Waals surface area contributed by atoms with Gasteiger partial charge in [0.1, 0.15) is 5.75 Å². The molecule has 10 heteroatoms. The number of amides is 1. The number of carbonyl (C=O) groups is 1. The predicted molar refractivity (Wildman–Crippen MR) is 78.9 cm³/mol. The maximum absolute atomic E-state index is 12.5. The van der Waals surface area contributed by atoms with Crippen molar-refractivity contribution >= 4 is 6.09 Å². The molecule has 0 N–H and O–H groups in total. The van der Waals surface area contributed by atoms with E-state index in [4.69, 9.17) is 4.74 Å². The lowest BCUT2D eigenvalue weighted by molar-refractivity contribution is -0.308. The Morgan fingerprint density at radius 2 is 1.62 bits per heavy atom. The van der Waals surface area contributed by atoms with Crippen molar-refractivity contribution in [3.8, 4) is 5.75 Å². The topological polar surface area (TPSA) is 38.8 Å². The molecule has 0 saturated carbocycles. The molecular formula is C16H17F6NO3. The maximum atomic E-state index is 12.5. The number of rotatable bonds is 3. The molecule has 1 aromatic carbocycles. The van der Waals surface area contributed by atoms with Crippen molar-refractivity contribution in [1.29, 1.82) is 0 Å². The van der Waals surface area contributed by atoms with Crippen molar-refractivity contribution in [1.82, 2.24) is 4.90 Å². The number of hydrogen-bond donors (Lipinski definition) is 0. The molecule has 0 spiro atoms. The summed E-state index contributed by atoms with van der Waals surface area (Å²) in [4.78, 5) is 12.6. The minimum absolute atomic E-state index is 0.00994. The predicted octanol–water partition coefficient (Wildman–Crippen LogP) is 4.50. The van der Waals surface area contributed by atoms with Gasteiger partial charge in [0, 0.05) is 13.1 Å². The highest BCUT2D eigenvalue weighted by atomic mass is 19.4. The second-order valence-corrected chi connectivity index (χ2v) is 5.85. The van der Waals surface area contributed by atoms with Crippen molar-refractivity contribution in [3.05, 3.63) is 29.8 Å². The molecular weight excluding hydrogens is 368 g/mol. The summed E-state index contributed by atoms with van der Waals surface area (Å²) in [5.41, 5.74) is 0.881. The number of ether oxygens (including phenoxy) is 2. The Balaban J connectivity index is 2.00. The summed E-state index contributed by atoms with van der Waals surface area (Å²) in [6.07, 6.45) is -16.4. The van der Waals surface area contributed by atoms with Crippen LogP contribution in [-0.2, 0) is 4.74 Å². The van der Waals surface area contributed by atoms with Crippen molar-refractivity contribution in [2.24, 2.45) is 0 Å². The standard InChI is InChI=1S/C16H17F6NO3/c1-25-12-5-3-2-4-11(12)10-6-8-23(9-7-10)14(24)26-13(15(17,18)19)16(20,21)22/h2-5,10,13H,6-9H2,1H3. The number of methoxy groups -OCH3 is 1. The van der Waals surface area contributed by atoms with Crippen LogP contribution in [0.1, 0.15) is 24.3 Å². The minimum Gasteiger partial charge on any atom is -0.496 e. The molecule has 1 aliphatic rings. The Kier molecular flexibility index (Phi) is 5.92. The summed E-state index contributed by atoms with van der Waals surface area (Å²) < 4.78 is 83.8. The highest BCUT2D eigenvalue weighted by molar-refractivity contribution is 5.68. The zero-order chi connectivity index (χ0) is 19.5. The third-order valence-electron chi connectivity index (χ3n) is 4.15. The van der Waals surface area contributed by atoms with Crippen LogP contribution in [0.5, 0.6) is 5.75 Å². The van der Waals surface area contributed by atoms with Gasteiger partial charge in [0.15, 0.2) is 0 Å². The summed E-state index contributed by atoms with van der Waals surface area (Å²) in [7, 11) is 1.50. The fourth-order valence-corrected chi connectivity index (χ4v) is 2.87. The molecule has 0 aliphatic carbocycles. The molecule has 4 nitrogen and oxygen atoms in total. The SMILES string of the molecule is COc1ccccc1C1CCN(C(=O)OC(C(F)(F)F)C(F)(F)F)CC1. The van der Waals surface area contributed by atoms with Crippen molar-refractivity contribution in [2.45, 2.75) is 37.2 Å². The van der Waals surface area contributed by atoms with Crippen molar-refractivity contribution < 1.29 is 40.6 Å². The van der Waals surface area contributed by atoms with Gasteiger partial charge in [-0.15, -0.1) is 0 Å². The van der Waals surface area contributed by atoms with Crippen LogP contribution in [0.3, 0.4) is 0 Å². The quantitative estimate of drug-likeness (QED) is 0.719. The van der Waals surface area contributed by atoms with E-state index in [1.807, 2.05) is 6.07 Å². The zero-order valence-electron chi connectivity index (χ0n) is 13.7. The summed E-state index contributed by atoms with van der Waals surface area (Å²) in [6.45, 7) is -0.0199. The minimum atomic E-state index is -5.72. The molecule has 1 aromatic rings. The molecule has 0 aromatic heterocycles. The molecule has 146 valence electrons. The molecule has 0 radical (unpaired) electrons. The molecule has 0 unspecified atom stereocenters. The molecule has 1 aliphatic heterocycles. The van der Waals surface area contributed by atoms with Gasteiger partial charge in [-0.05, 0) is 30.4 Å². The second kappa shape index (κ2) is 7.63. The third kappa shape index (κ3) is 4.73. The molecule has 0 bridgehead atoms. The van der Waals surface area contributed by atoms with Crippen LogP contribution in [0.15, 0.2) is 24.3 Å². The van der Waals surface area contributed by atoms with Gasteiger partial charge in [-0.1, -0.05) is 18.2 Å². The number of carbonyl (C=O) groups excluding carboxylic acids is 1.